The van der Waals surface area contributed by atoms with Gasteiger partial charge in [0.05, 0.1) is 18.7 Å². The molecule has 0 saturated carbocycles. The van der Waals surface area contributed by atoms with Crippen molar-refractivity contribution < 1.29 is 14.6 Å². The summed E-state index contributed by atoms with van der Waals surface area (Å²) in [6.45, 7) is 2.58. The van der Waals surface area contributed by atoms with Crippen LogP contribution in [0.3, 0.4) is 0 Å². The van der Waals surface area contributed by atoms with Gasteiger partial charge in [-0.2, -0.15) is 0 Å². The quantitative estimate of drug-likeness (QED) is 0.485. The summed E-state index contributed by atoms with van der Waals surface area (Å²) >= 11 is 5.82. The highest BCUT2D eigenvalue weighted by Crippen LogP contribution is 2.25. The third-order valence-corrected chi connectivity index (χ3v) is 5.30. The topological polar surface area (TPSA) is 49.8 Å². The lowest BCUT2D eigenvalue weighted by atomic mass is 10.0. The van der Waals surface area contributed by atoms with Gasteiger partial charge in [-0.15, -0.1) is 11.6 Å². The number of carbonyl (C=O) groups is 1. The Labute approximate surface area is 182 Å². The van der Waals surface area contributed by atoms with E-state index in [1.54, 1.807) is 4.90 Å². The van der Waals surface area contributed by atoms with Crippen molar-refractivity contribution in [3.63, 3.8) is 0 Å². The Kier molecular flexibility index (Phi) is 7.89. The van der Waals surface area contributed by atoms with Gasteiger partial charge in [0, 0.05) is 0 Å². The fourth-order valence-electron chi connectivity index (χ4n) is 3.28. The molecule has 0 fully saturated rings. The van der Waals surface area contributed by atoms with Crippen LogP contribution in [0.25, 0.3) is 0 Å². The lowest BCUT2D eigenvalue weighted by Crippen LogP contribution is -2.37. The monoisotopic (exact) mass is 423 g/mol. The summed E-state index contributed by atoms with van der Waals surface area (Å²) in [5, 5.41) is 10.8. The second-order valence-corrected chi connectivity index (χ2v) is 7.39. The molecule has 0 heterocycles. The van der Waals surface area contributed by atoms with Gasteiger partial charge in [-0.05, 0) is 35.7 Å². The zero-order valence-electron chi connectivity index (χ0n) is 16.9. The van der Waals surface area contributed by atoms with Crippen LogP contribution in [0, 0.1) is 0 Å². The molecule has 3 aromatic carbocycles. The van der Waals surface area contributed by atoms with E-state index >= 15 is 0 Å². The summed E-state index contributed by atoms with van der Waals surface area (Å²) in [5.74, 6) is 0.381. The normalized spacial score (nSPS) is 12.8. The minimum Gasteiger partial charge on any atom is -0.489 e. The minimum atomic E-state index is -0.827. The maximum atomic E-state index is 12.4. The highest BCUT2D eigenvalue weighted by atomic mass is 35.5. The van der Waals surface area contributed by atoms with Gasteiger partial charge in [-0.25, -0.2) is 0 Å². The van der Waals surface area contributed by atoms with Gasteiger partial charge >= 0.3 is 0 Å². The number of ether oxygens (including phenoxy) is 1. The van der Waals surface area contributed by atoms with Crippen molar-refractivity contribution in [2.45, 2.75) is 25.7 Å². The van der Waals surface area contributed by atoms with E-state index in [2.05, 4.69) is 0 Å². The maximum absolute atomic E-state index is 12.4. The molecule has 2 atom stereocenters. The van der Waals surface area contributed by atoms with E-state index in [1.807, 2.05) is 91.9 Å². The lowest BCUT2D eigenvalue weighted by Gasteiger charge is -2.31. The van der Waals surface area contributed by atoms with Gasteiger partial charge in [0.25, 0.3) is 0 Å². The number of hydrogen-bond donors (Lipinski definition) is 1. The molecule has 0 radical (unpaired) electrons. The maximum Gasteiger partial charge on any atom is 0.238 e. The highest BCUT2D eigenvalue weighted by molar-refractivity contribution is 6.27. The Bertz CT molecular complexity index is 916. The predicted molar refractivity (Wildman–Crippen MR) is 119 cm³/mol. The van der Waals surface area contributed by atoms with Crippen molar-refractivity contribution in [3.8, 4) is 5.75 Å². The number of hydrogen-bond acceptors (Lipinski definition) is 3. The molecule has 4 nitrogen and oxygen atoms in total. The zero-order valence-corrected chi connectivity index (χ0v) is 17.7. The van der Waals surface area contributed by atoms with E-state index in [0.717, 1.165) is 22.4 Å². The second kappa shape index (κ2) is 10.8. The van der Waals surface area contributed by atoms with Gasteiger partial charge in [0.15, 0.2) is 0 Å². The molecular formula is C25H26ClNO3. The van der Waals surface area contributed by atoms with E-state index in [9.17, 15) is 9.90 Å². The minimum absolute atomic E-state index is 0.129. The molecule has 0 aliphatic heterocycles. The van der Waals surface area contributed by atoms with Crippen LogP contribution < -0.4 is 4.74 Å². The Morgan fingerprint density at radius 3 is 2.13 bits per heavy atom. The Morgan fingerprint density at radius 2 is 1.53 bits per heavy atom. The first-order valence-electron chi connectivity index (χ1n) is 9.93. The van der Waals surface area contributed by atoms with Crippen LogP contribution in [0.4, 0.5) is 0 Å². The number of benzene rings is 3. The van der Waals surface area contributed by atoms with E-state index < -0.39 is 6.10 Å². The average Bonchev–Trinajstić information content (AvgIpc) is 2.81. The van der Waals surface area contributed by atoms with Crippen LogP contribution in [0.5, 0.6) is 5.75 Å². The van der Waals surface area contributed by atoms with Crippen LogP contribution >= 0.6 is 11.6 Å². The average molecular weight is 424 g/mol. The Balaban J connectivity index is 1.65. The molecule has 156 valence electrons. The van der Waals surface area contributed by atoms with Gasteiger partial charge in [-0.1, -0.05) is 72.8 Å². The van der Waals surface area contributed by atoms with Crippen molar-refractivity contribution >= 4 is 17.5 Å². The molecule has 1 amide bonds. The van der Waals surface area contributed by atoms with Crippen LogP contribution in [0.2, 0.25) is 0 Å². The molecular weight excluding hydrogens is 398 g/mol. The standard InChI is InChI=1S/C25H26ClNO3/c1-19(21-10-6-3-7-11-21)27(25(29)16-26)17-24(28)22-12-14-23(15-13-22)30-18-20-8-4-2-5-9-20/h2-15,19,24,28H,16-18H2,1H3/t19-,24+/m1/s1. The van der Waals surface area contributed by atoms with E-state index in [-0.39, 0.29) is 24.4 Å². The van der Waals surface area contributed by atoms with Crippen LogP contribution in [-0.2, 0) is 11.4 Å². The van der Waals surface area contributed by atoms with Crippen molar-refractivity contribution in [1.29, 1.82) is 0 Å². The molecule has 3 rings (SSSR count). The molecule has 0 bridgehead atoms. The van der Waals surface area contributed by atoms with Crippen LogP contribution in [0.15, 0.2) is 84.9 Å². The smallest absolute Gasteiger partial charge is 0.238 e. The highest BCUT2D eigenvalue weighted by Gasteiger charge is 2.24. The summed E-state index contributed by atoms with van der Waals surface area (Å²) in [6, 6.07) is 26.8. The number of aliphatic hydroxyl groups excluding tert-OH is 1. The summed E-state index contributed by atoms with van der Waals surface area (Å²) in [6.07, 6.45) is -0.827. The molecule has 30 heavy (non-hydrogen) atoms. The molecule has 0 aliphatic rings. The number of alkyl halides is 1. The van der Waals surface area contributed by atoms with Gasteiger partial charge in [-0.3, -0.25) is 4.79 Å². The molecule has 5 heteroatoms. The number of amides is 1. The molecule has 0 aliphatic carbocycles. The van der Waals surface area contributed by atoms with Crippen molar-refractivity contribution in [1.82, 2.24) is 4.90 Å². The summed E-state index contributed by atoms with van der Waals surface area (Å²) < 4.78 is 5.80. The number of rotatable bonds is 9. The van der Waals surface area contributed by atoms with Crippen molar-refractivity contribution in [2.75, 3.05) is 12.4 Å². The predicted octanol–water partition coefficient (Wildman–Crippen LogP) is 5.13. The fourth-order valence-corrected chi connectivity index (χ4v) is 3.44. The largest absolute Gasteiger partial charge is 0.489 e. The lowest BCUT2D eigenvalue weighted by molar-refractivity contribution is -0.132. The van der Waals surface area contributed by atoms with Gasteiger partial charge in [0.1, 0.15) is 18.2 Å². The number of nitrogens with zero attached hydrogens (tertiary/aromatic N) is 1. The first kappa shape index (κ1) is 21.9. The Hall–Kier alpha value is -2.82. The summed E-state index contributed by atoms with van der Waals surface area (Å²) in [5.41, 5.74) is 2.80. The second-order valence-electron chi connectivity index (χ2n) is 7.13. The molecule has 1 N–H and O–H groups in total. The third kappa shape index (κ3) is 5.85. The number of carbonyl (C=O) groups excluding carboxylic acids is 1. The SMILES string of the molecule is C[C@H](c1ccccc1)N(C[C@H](O)c1ccc(OCc2ccccc2)cc1)C(=O)CCl. The van der Waals surface area contributed by atoms with Crippen LogP contribution in [0.1, 0.15) is 35.8 Å². The van der Waals surface area contributed by atoms with Crippen molar-refractivity contribution in [3.05, 3.63) is 102 Å². The summed E-state index contributed by atoms with van der Waals surface area (Å²) in [4.78, 5) is 14.0. The number of aliphatic hydroxyl groups is 1. The van der Waals surface area contributed by atoms with E-state index in [1.165, 1.54) is 0 Å². The van der Waals surface area contributed by atoms with E-state index in [4.69, 9.17) is 16.3 Å². The van der Waals surface area contributed by atoms with Gasteiger partial charge < -0.3 is 14.7 Å². The molecule has 3 aromatic rings. The van der Waals surface area contributed by atoms with Crippen molar-refractivity contribution in [2.24, 2.45) is 0 Å². The van der Waals surface area contributed by atoms with E-state index in [0.29, 0.717) is 6.61 Å². The Morgan fingerprint density at radius 1 is 0.933 bits per heavy atom. The fraction of sp³-hybridized carbons (Fsp3) is 0.240. The summed E-state index contributed by atoms with van der Waals surface area (Å²) in [7, 11) is 0. The third-order valence-electron chi connectivity index (χ3n) is 5.07. The number of halogens is 1. The molecule has 0 spiro atoms. The first-order chi connectivity index (χ1) is 14.6. The van der Waals surface area contributed by atoms with Gasteiger partial charge in [0.2, 0.25) is 5.91 Å². The zero-order chi connectivity index (χ0) is 21.3. The first-order valence-corrected chi connectivity index (χ1v) is 10.5. The van der Waals surface area contributed by atoms with Crippen LogP contribution in [-0.4, -0.2) is 28.3 Å². The molecule has 0 unspecified atom stereocenters. The molecule has 0 saturated heterocycles. The molecule has 0 aromatic heterocycles.